The zero-order valence-corrected chi connectivity index (χ0v) is 25.2. The number of likely N-dealkylation sites (N-methyl/N-ethyl adjacent to an activating group) is 1. The van der Waals surface area contributed by atoms with E-state index < -0.39 is 32.8 Å². The SMILES string of the molecule is COc1ccc([C@@H](C(=O)N(C)S(=O)(=O)c2ccc(C)cc2)[C@H](Nc2cc(Cl)cc(Cl)c2)c2ccc([N+](=O)[O-])cc2)cc1. The van der Waals surface area contributed by atoms with Crippen LogP contribution in [0.3, 0.4) is 0 Å². The van der Waals surface area contributed by atoms with Crippen molar-refractivity contribution in [2.45, 2.75) is 23.8 Å². The first-order valence-corrected chi connectivity index (χ1v) is 14.8. The van der Waals surface area contributed by atoms with E-state index in [-0.39, 0.29) is 10.6 Å². The highest BCUT2D eigenvalue weighted by molar-refractivity contribution is 7.89. The van der Waals surface area contributed by atoms with E-state index in [1.54, 1.807) is 54.6 Å². The van der Waals surface area contributed by atoms with Gasteiger partial charge in [0.05, 0.1) is 28.9 Å². The average molecular weight is 629 g/mol. The predicted molar refractivity (Wildman–Crippen MR) is 163 cm³/mol. The van der Waals surface area contributed by atoms with Gasteiger partial charge in [-0.15, -0.1) is 0 Å². The van der Waals surface area contributed by atoms with E-state index in [0.29, 0.717) is 32.6 Å². The lowest BCUT2D eigenvalue weighted by molar-refractivity contribution is -0.384. The zero-order valence-electron chi connectivity index (χ0n) is 22.8. The summed E-state index contributed by atoms with van der Waals surface area (Å²) in [6, 6.07) is 22.3. The molecule has 0 saturated heterocycles. The van der Waals surface area contributed by atoms with Crippen LogP contribution < -0.4 is 10.1 Å². The molecule has 42 heavy (non-hydrogen) atoms. The minimum atomic E-state index is -4.24. The predicted octanol–water partition coefficient (Wildman–Crippen LogP) is 7.00. The van der Waals surface area contributed by atoms with Crippen LogP contribution >= 0.6 is 23.2 Å². The fourth-order valence-corrected chi connectivity index (χ4v) is 6.12. The molecule has 1 N–H and O–H groups in total. The van der Waals surface area contributed by atoms with E-state index in [1.165, 1.54) is 50.6 Å². The molecule has 0 fully saturated rings. The molecule has 0 aliphatic carbocycles. The van der Waals surface area contributed by atoms with Gasteiger partial charge in [-0.3, -0.25) is 14.9 Å². The maximum absolute atomic E-state index is 14.3. The number of non-ortho nitro benzene ring substituents is 1. The quantitative estimate of drug-likeness (QED) is 0.148. The van der Waals surface area contributed by atoms with Crippen LogP contribution in [0.1, 0.15) is 28.7 Å². The van der Waals surface area contributed by atoms with Crippen LogP contribution in [0.5, 0.6) is 5.75 Å². The molecule has 9 nitrogen and oxygen atoms in total. The summed E-state index contributed by atoms with van der Waals surface area (Å²) in [7, 11) is -1.53. The van der Waals surface area contributed by atoms with E-state index in [0.717, 1.165) is 9.87 Å². The van der Waals surface area contributed by atoms with Crippen molar-refractivity contribution in [3.05, 3.63) is 128 Å². The molecule has 2 atom stereocenters. The number of aryl methyl sites for hydroxylation is 1. The van der Waals surface area contributed by atoms with Gasteiger partial charge in [0.1, 0.15) is 5.75 Å². The second-order valence-corrected chi connectivity index (χ2v) is 12.3. The van der Waals surface area contributed by atoms with Crippen molar-refractivity contribution in [3.63, 3.8) is 0 Å². The Morgan fingerprint density at radius 3 is 1.98 bits per heavy atom. The summed E-state index contributed by atoms with van der Waals surface area (Å²) in [4.78, 5) is 25.1. The number of nitrogens with zero attached hydrogens (tertiary/aromatic N) is 2. The first-order chi connectivity index (χ1) is 19.9. The minimum Gasteiger partial charge on any atom is -0.497 e. The number of carbonyl (C=O) groups is 1. The third-order valence-electron chi connectivity index (χ3n) is 6.71. The molecule has 4 aromatic rings. The monoisotopic (exact) mass is 627 g/mol. The van der Waals surface area contributed by atoms with Crippen LogP contribution in [0.15, 0.2) is 95.9 Å². The highest BCUT2D eigenvalue weighted by Gasteiger charge is 2.38. The molecule has 0 radical (unpaired) electrons. The van der Waals surface area contributed by atoms with E-state index in [4.69, 9.17) is 27.9 Å². The fourth-order valence-electron chi connectivity index (χ4n) is 4.45. The van der Waals surface area contributed by atoms with Crippen molar-refractivity contribution < 1.29 is 22.9 Å². The van der Waals surface area contributed by atoms with Crippen molar-refractivity contribution in [1.82, 2.24) is 4.31 Å². The zero-order chi connectivity index (χ0) is 30.6. The van der Waals surface area contributed by atoms with Gasteiger partial charge >= 0.3 is 0 Å². The summed E-state index contributed by atoms with van der Waals surface area (Å²) < 4.78 is 33.2. The van der Waals surface area contributed by atoms with Crippen molar-refractivity contribution in [3.8, 4) is 5.75 Å². The molecule has 0 aliphatic rings. The molecule has 4 aromatic carbocycles. The summed E-state index contributed by atoms with van der Waals surface area (Å²) in [5.74, 6) is -1.35. The molecule has 1 amide bonds. The number of halogens is 2. The largest absolute Gasteiger partial charge is 0.497 e. The number of methoxy groups -OCH3 is 1. The van der Waals surface area contributed by atoms with Crippen LogP contribution in [0.2, 0.25) is 10.0 Å². The van der Waals surface area contributed by atoms with Crippen LogP contribution in [-0.2, 0) is 14.8 Å². The van der Waals surface area contributed by atoms with E-state index in [1.807, 2.05) is 6.92 Å². The molecular weight excluding hydrogens is 601 g/mol. The Hall–Kier alpha value is -4.12. The van der Waals surface area contributed by atoms with Gasteiger partial charge in [-0.05, 0) is 60.5 Å². The van der Waals surface area contributed by atoms with Gasteiger partial charge < -0.3 is 10.1 Å². The molecule has 0 aromatic heterocycles. The van der Waals surface area contributed by atoms with Crippen molar-refractivity contribution in [2.24, 2.45) is 0 Å². The number of sulfonamides is 1. The summed E-state index contributed by atoms with van der Waals surface area (Å²) in [5.41, 5.74) is 2.12. The molecule has 0 unspecified atom stereocenters. The summed E-state index contributed by atoms with van der Waals surface area (Å²) >= 11 is 12.5. The maximum atomic E-state index is 14.3. The molecule has 218 valence electrons. The van der Waals surface area contributed by atoms with Crippen LogP contribution in [0, 0.1) is 17.0 Å². The number of hydrogen-bond donors (Lipinski definition) is 1. The molecule has 0 heterocycles. The average Bonchev–Trinajstić information content (AvgIpc) is 2.96. The third-order valence-corrected chi connectivity index (χ3v) is 8.92. The number of anilines is 1. The summed E-state index contributed by atoms with van der Waals surface area (Å²) in [6.45, 7) is 1.83. The van der Waals surface area contributed by atoms with Crippen molar-refractivity contribution in [2.75, 3.05) is 19.5 Å². The lowest BCUT2D eigenvalue weighted by atomic mass is 9.85. The van der Waals surface area contributed by atoms with Crippen LogP contribution in [0.25, 0.3) is 0 Å². The highest BCUT2D eigenvalue weighted by atomic mass is 35.5. The number of ether oxygens (including phenoxy) is 1. The molecule has 0 bridgehead atoms. The number of benzene rings is 4. The highest BCUT2D eigenvalue weighted by Crippen LogP contribution is 2.39. The Balaban J connectivity index is 1.88. The Morgan fingerprint density at radius 1 is 0.905 bits per heavy atom. The number of carbonyl (C=O) groups excluding carboxylic acids is 1. The van der Waals surface area contributed by atoms with Gasteiger partial charge in [0.25, 0.3) is 15.7 Å². The lowest BCUT2D eigenvalue weighted by Crippen LogP contribution is -2.40. The Kier molecular flexibility index (Phi) is 9.40. The van der Waals surface area contributed by atoms with Crippen molar-refractivity contribution >= 4 is 50.5 Å². The Labute approximate surface area is 253 Å². The molecule has 12 heteroatoms. The van der Waals surface area contributed by atoms with Crippen molar-refractivity contribution in [1.29, 1.82) is 0 Å². The number of nitro benzene ring substituents is 1. The van der Waals surface area contributed by atoms with Gasteiger partial charge in [-0.25, -0.2) is 12.7 Å². The second-order valence-electron chi connectivity index (χ2n) is 9.50. The molecule has 0 aliphatic heterocycles. The Morgan fingerprint density at radius 2 is 1.45 bits per heavy atom. The maximum Gasteiger partial charge on any atom is 0.269 e. The first-order valence-electron chi connectivity index (χ1n) is 12.6. The molecule has 0 saturated carbocycles. The number of hydrogen-bond acceptors (Lipinski definition) is 7. The van der Waals surface area contributed by atoms with Crippen LogP contribution in [-0.4, -0.2) is 37.7 Å². The lowest BCUT2D eigenvalue weighted by Gasteiger charge is -2.32. The summed E-state index contributed by atoms with van der Waals surface area (Å²) in [6.07, 6.45) is 0. The second kappa shape index (κ2) is 12.8. The molecule has 0 spiro atoms. The molecule has 4 rings (SSSR count). The third kappa shape index (κ3) is 6.84. The van der Waals surface area contributed by atoms with Gasteiger partial charge in [-0.2, -0.15) is 0 Å². The first kappa shape index (κ1) is 30.8. The topological polar surface area (TPSA) is 119 Å². The van der Waals surface area contributed by atoms with E-state index in [9.17, 15) is 23.3 Å². The van der Waals surface area contributed by atoms with Crippen LogP contribution in [0.4, 0.5) is 11.4 Å². The minimum absolute atomic E-state index is 0.0427. The number of nitro groups is 1. The summed E-state index contributed by atoms with van der Waals surface area (Å²) in [5, 5.41) is 15.3. The van der Waals surface area contributed by atoms with Gasteiger partial charge in [-0.1, -0.05) is 65.2 Å². The normalized spacial score (nSPS) is 12.7. The number of rotatable bonds is 10. The molecular formula is C30H27Cl2N3O6S. The van der Waals surface area contributed by atoms with Gasteiger partial charge in [0, 0.05) is 34.9 Å². The number of amides is 1. The van der Waals surface area contributed by atoms with E-state index in [2.05, 4.69) is 5.32 Å². The standard InChI is InChI=1S/C30H27Cl2N3O6S/c1-19-4-14-27(15-5-19)42(39,40)34(2)30(36)28(20-8-12-26(41-3)13-9-20)29(21-6-10-25(11-7-21)35(37)38)33-24-17-22(31)16-23(32)18-24/h4-18,28-29,33H,1-3H3/t28-,29-/m1/s1. The number of nitrogens with one attached hydrogen (secondary N) is 1. The smallest absolute Gasteiger partial charge is 0.269 e. The van der Waals surface area contributed by atoms with Gasteiger partial charge in [0.2, 0.25) is 5.91 Å². The Bertz CT molecular complexity index is 1680. The fraction of sp³-hybridized carbons (Fsp3) is 0.167. The van der Waals surface area contributed by atoms with E-state index >= 15 is 0 Å². The van der Waals surface area contributed by atoms with Gasteiger partial charge in [0.15, 0.2) is 0 Å².